The van der Waals surface area contributed by atoms with Crippen LogP contribution in [0.25, 0.3) is 21.3 Å². The molecule has 6 aliphatic rings. The molecular weight excluding hydrogens is 985 g/mol. The van der Waals surface area contributed by atoms with Crippen LogP contribution >= 0.6 is 11.3 Å². The monoisotopic (exact) mass is 1050 g/mol. The van der Waals surface area contributed by atoms with E-state index in [0.29, 0.717) is 73.0 Å². The van der Waals surface area contributed by atoms with Gasteiger partial charge in [0.2, 0.25) is 5.91 Å². The van der Waals surface area contributed by atoms with E-state index in [0.717, 1.165) is 70.5 Å². The van der Waals surface area contributed by atoms with Gasteiger partial charge in [-0.2, -0.15) is 13.5 Å². The van der Waals surface area contributed by atoms with Gasteiger partial charge in [0.25, 0.3) is 27.8 Å². The van der Waals surface area contributed by atoms with E-state index in [1.54, 1.807) is 18.3 Å². The van der Waals surface area contributed by atoms with Crippen molar-refractivity contribution in [1.29, 1.82) is 0 Å². The number of para-hydroxylation sites is 1. The highest BCUT2D eigenvalue weighted by Gasteiger charge is 2.66. The van der Waals surface area contributed by atoms with Crippen molar-refractivity contribution in [1.82, 2.24) is 29.5 Å². The number of carboxylic acids is 1. The molecule has 2 aromatic carbocycles. The van der Waals surface area contributed by atoms with Crippen LogP contribution in [0.15, 0.2) is 72.9 Å². The summed E-state index contributed by atoms with van der Waals surface area (Å²) in [5.41, 5.74) is 4.38. The molecule has 20 heteroatoms. The fourth-order valence-electron chi connectivity index (χ4n) is 13.9. The normalized spacial score (nSPS) is 24.0. The lowest BCUT2D eigenvalue weighted by molar-refractivity contribution is -0.248. The Hall–Kier alpha value is -6.35. The Morgan fingerprint density at radius 3 is 2.36 bits per heavy atom. The number of fused-ring (bicyclic) bond motifs is 2. The number of carbonyl (C=O) groups is 5. The topological polar surface area (TPSA) is 235 Å². The van der Waals surface area contributed by atoms with Gasteiger partial charge in [-0.3, -0.25) is 38.6 Å². The van der Waals surface area contributed by atoms with E-state index in [2.05, 4.69) is 24.1 Å². The van der Waals surface area contributed by atoms with Crippen LogP contribution in [-0.4, -0.2) is 121 Å². The molecule has 2 aliphatic heterocycles. The van der Waals surface area contributed by atoms with Gasteiger partial charge in [0.1, 0.15) is 5.82 Å². The molecule has 3 aromatic heterocycles. The minimum Gasteiger partial charge on any atom is -0.476 e. The van der Waals surface area contributed by atoms with Gasteiger partial charge in [-0.1, -0.05) is 55.9 Å². The molecule has 18 nitrogen and oxygen atoms in total. The van der Waals surface area contributed by atoms with Crippen LogP contribution < -0.4 is 10.2 Å². The van der Waals surface area contributed by atoms with E-state index in [9.17, 15) is 42.0 Å². The zero-order chi connectivity index (χ0) is 52.2. The molecule has 2 unspecified atom stereocenters. The highest BCUT2D eigenvalue weighted by atomic mass is 32.2. The summed E-state index contributed by atoms with van der Waals surface area (Å²) in [4.78, 5) is 78.1. The summed E-state index contributed by atoms with van der Waals surface area (Å²) < 4.78 is 43.1. The number of carboxylic acid groups (broad SMARTS) is 1. The van der Waals surface area contributed by atoms with Gasteiger partial charge in [-0.25, -0.2) is 14.8 Å². The second-order valence-electron chi connectivity index (χ2n) is 22.1. The lowest BCUT2D eigenvalue weighted by Crippen LogP contribution is -2.64. The summed E-state index contributed by atoms with van der Waals surface area (Å²) in [6.45, 7) is 8.58. The van der Waals surface area contributed by atoms with Crippen molar-refractivity contribution in [2.24, 2.45) is 16.2 Å². The highest BCUT2D eigenvalue weighted by molar-refractivity contribution is 7.85. The van der Waals surface area contributed by atoms with Crippen molar-refractivity contribution in [2.45, 2.75) is 110 Å². The summed E-state index contributed by atoms with van der Waals surface area (Å²) >= 11 is 1.41. The Bertz CT molecular complexity index is 3150. The Morgan fingerprint density at radius 2 is 1.64 bits per heavy atom. The minimum atomic E-state index is -4.34. The molecule has 0 spiro atoms. The zero-order valence-corrected chi connectivity index (χ0v) is 43.6. The number of aromatic carboxylic acids is 1. The number of nitrogens with one attached hydrogen (secondary N) is 1. The van der Waals surface area contributed by atoms with Crippen LogP contribution in [0.3, 0.4) is 0 Å². The third kappa shape index (κ3) is 10.6. The molecule has 3 N–H and O–H groups in total. The zero-order valence-electron chi connectivity index (χ0n) is 42.0. The number of amides is 4. The van der Waals surface area contributed by atoms with Crippen molar-refractivity contribution in [3.8, 4) is 11.1 Å². The average Bonchev–Trinajstić information content (AvgIpc) is 4.02. The highest BCUT2D eigenvalue weighted by Crippen LogP contribution is 2.72. The van der Waals surface area contributed by atoms with Gasteiger partial charge in [0, 0.05) is 80.2 Å². The van der Waals surface area contributed by atoms with E-state index in [-0.39, 0.29) is 78.2 Å². The van der Waals surface area contributed by atoms with Gasteiger partial charge < -0.3 is 19.6 Å². The maximum absolute atomic E-state index is 13.7. The van der Waals surface area contributed by atoms with Crippen molar-refractivity contribution in [3.63, 3.8) is 0 Å². The third-order valence-electron chi connectivity index (χ3n) is 15.9. The SMILES string of the molecule is Cc1c(-c2ccc(N3CCc4cccc(C(=O)Nc5nc6ccccc6s5)c4C3)nc2C(=O)O)cnn1CC12CC3(C)CC(C)(C1)CC(OCCN(CCS(=O)(=O)O)C(=O)CCCCCN1C(=O)C=CC1=O)(C3)C2. The fraction of sp³-hybridized carbons (Fsp3) is 0.481. The second kappa shape index (κ2) is 19.7. The smallest absolute Gasteiger partial charge is 0.355 e. The number of benzene rings is 2. The van der Waals surface area contributed by atoms with E-state index in [4.69, 9.17) is 14.8 Å². The molecule has 74 heavy (non-hydrogen) atoms. The van der Waals surface area contributed by atoms with E-state index in [1.165, 1.54) is 28.4 Å². The minimum absolute atomic E-state index is 0.0274. The van der Waals surface area contributed by atoms with E-state index in [1.807, 2.05) is 59.0 Å². The molecule has 5 aromatic rings. The Balaban J connectivity index is 0.814. The Kier molecular flexibility index (Phi) is 13.6. The summed E-state index contributed by atoms with van der Waals surface area (Å²) in [7, 11) is -4.34. The first-order chi connectivity index (χ1) is 35.2. The lowest BCUT2D eigenvalue weighted by Gasteiger charge is -2.69. The van der Waals surface area contributed by atoms with Crippen LogP contribution in [0.4, 0.5) is 10.9 Å². The van der Waals surface area contributed by atoms with Crippen molar-refractivity contribution >= 4 is 72.2 Å². The third-order valence-corrected chi connectivity index (χ3v) is 17.5. The van der Waals surface area contributed by atoms with Crippen LogP contribution in [0.5, 0.6) is 0 Å². The number of aromatic nitrogens is 4. The molecule has 4 aliphatic carbocycles. The predicted molar refractivity (Wildman–Crippen MR) is 278 cm³/mol. The van der Waals surface area contributed by atoms with E-state index < -0.39 is 27.4 Å². The predicted octanol–water partition coefficient (Wildman–Crippen LogP) is 7.71. The number of nitrogens with zero attached hydrogens (tertiary/aromatic N) is 7. The van der Waals surface area contributed by atoms with E-state index >= 15 is 0 Å². The maximum atomic E-state index is 13.7. The number of unbranched alkanes of at least 4 members (excludes halogenated alkanes) is 2. The number of hydrogen-bond acceptors (Lipinski definition) is 13. The molecule has 11 rings (SSSR count). The summed E-state index contributed by atoms with van der Waals surface area (Å²) in [5, 5.41) is 19.1. The summed E-state index contributed by atoms with van der Waals surface area (Å²) in [6.07, 6.45) is 12.0. The summed E-state index contributed by atoms with van der Waals surface area (Å²) in [6, 6.07) is 17.1. The Morgan fingerprint density at radius 1 is 0.878 bits per heavy atom. The molecule has 4 amide bonds. The number of rotatable bonds is 20. The molecule has 4 saturated carbocycles. The van der Waals surface area contributed by atoms with Crippen molar-refractivity contribution in [3.05, 3.63) is 101 Å². The average molecular weight is 1050 g/mol. The van der Waals surface area contributed by atoms with Gasteiger partial charge in [-0.15, -0.1) is 0 Å². The van der Waals surface area contributed by atoms with Crippen LogP contribution in [-0.2, 0) is 48.7 Å². The lowest BCUT2D eigenvalue weighted by atomic mass is 9.39. The first kappa shape index (κ1) is 51.1. The molecule has 4 bridgehead atoms. The van der Waals surface area contributed by atoms with Crippen LogP contribution in [0.1, 0.15) is 116 Å². The molecule has 5 heterocycles. The molecule has 4 fully saturated rings. The van der Waals surface area contributed by atoms with Crippen LogP contribution in [0, 0.1) is 23.2 Å². The molecule has 0 radical (unpaired) electrons. The van der Waals surface area contributed by atoms with Gasteiger partial charge in [-0.05, 0) is 122 Å². The first-order valence-electron chi connectivity index (χ1n) is 25.4. The molecule has 2 atom stereocenters. The van der Waals surface area contributed by atoms with Gasteiger partial charge in [0.05, 0.1) is 34.4 Å². The van der Waals surface area contributed by atoms with Gasteiger partial charge in [0.15, 0.2) is 10.8 Å². The number of ether oxygens (including phenoxy) is 1. The number of thiazole rings is 1. The van der Waals surface area contributed by atoms with Crippen LogP contribution in [0.2, 0.25) is 0 Å². The maximum Gasteiger partial charge on any atom is 0.355 e. The molecule has 390 valence electrons. The number of imide groups is 1. The number of hydrogen-bond donors (Lipinski definition) is 3. The standard InChI is InChI=1S/C54H62N8O10S2/c1-35-39(37-15-16-43(57-47(37)49(67)68)60-21-19-36-10-9-11-38(40(36)27-60)48(66)58-50-56-41-12-6-7-13-42(41)73-50)26-55-62(35)34-53-29-51(2)28-52(3,30-53)32-54(31-51,33-53)72-24-22-59(23-25-74(69,70)71)44(63)14-5-4-8-20-61-45(64)17-18-46(61)65/h6-7,9-13,15-18,26H,4-5,8,14,19-25,27-34H2,1-3H3,(H,67,68)(H,56,58,66)(H,69,70,71). The summed E-state index contributed by atoms with van der Waals surface area (Å²) in [5.74, 6) is -2.49. The molecule has 0 saturated heterocycles. The number of anilines is 2. The quantitative estimate of drug-likeness (QED) is 0.0385. The number of carbonyl (C=O) groups excluding carboxylic acids is 4. The molecular formula is C54H62N8O10S2. The van der Waals surface area contributed by atoms with Crippen molar-refractivity contribution in [2.75, 3.05) is 48.8 Å². The van der Waals surface area contributed by atoms with Crippen molar-refractivity contribution < 1.29 is 46.8 Å². The number of pyridine rings is 1. The largest absolute Gasteiger partial charge is 0.476 e. The second-order valence-corrected chi connectivity index (χ2v) is 24.7. The fourth-order valence-corrected chi connectivity index (χ4v) is 15.2. The first-order valence-corrected chi connectivity index (χ1v) is 27.8. The Labute approximate surface area is 433 Å². The van der Waals surface area contributed by atoms with Gasteiger partial charge >= 0.3 is 5.97 Å².